The lowest BCUT2D eigenvalue weighted by atomic mass is 10.1. The van der Waals surface area contributed by atoms with E-state index < -0.39 is 39.5 Å². The predicted molar refractivity (Wildman–Crippen MR) is 110 cm³/mol. The van der Waals surface area contributed by atoms with Crippen molar-refractivity contribution in [3.05, 3.63) is 64.4 Å². The van der Waals surface area contributed by atoms with Crippen LogP contribution >= 0.6 is 23.4 Å². The molecule has 2 aliphatic rings. The second-order valence-electron chi connectivity index (χ2n) is 7.04. The van der Waals surface area contributed by atoms with E-state index >= 15 is 0 Å². The molecule has 4 rings (SSSR count). The van der Waals surface area contributed by atoms with Crippen LogP contribution in [0.2, 0.25) is 5.02 Å². The van der Waals surface area contributed by atoms with Crippen LogP contribution in [0.1, 0.15) is 11.1 Å². The summed E-state index contributed by atoms with van der Waals surface area (Å²) in [6.07, 6.45) is -4.59. The SMILES string of the molecule is O=S1(=O)C[C@@H]2N=C(SCc3ccccc3F)N(c3cc(C(F)(F)F)ccc3Cl)[C@H]2C1. The summed E-state index contributed by atoms with van der Waals surface area (Å²) in [6.45, 7) is 0. The monoisotopic (exact) mass is 478 g/mol. The summed E-state index contributed by atoms with van der Waals surface area (Å²) >= 11 is 7.35. The van der Waals surface area contributed by atoms with Crippen molar-refractivity contribution in [3.8, 4) is 0 Å². The Bertz CT molecular complexity index is 1120. The number of rotatable bonds is 3. The Morgan fingerprint density at radius 2 is 1.90 bits per heavy atom. The molecule has 1 saturated heterocycles. The van der Waals surface area contributed by atoms with Gasteiger partial charge in [0.2, 0.25) is 0 Å². The zero-order valence-corrected chi connectivity index (χ0v) is 17.6. The third-order valence-corrected chi connectivity index (χ3v) is 7.99. The molecule has 1 fully saturated rings. The van der Waals surface area contributed by atoms with Crippen LogP contribution in [-0.2, 0) is 21.8 Å². The second kappa shape index (κ2) is 7.72. The van der Waals surface area contributed by atoms with Crippen molar-refractivity contribution in [2.45, 2.75) is 24.0 Å². The van der Waals surface area contributed by atoms with Gasteiger partial charge < -0.3 is 4.90 Å². The lowest BCUT2D eigenvalue weighted by molar-refractivity contribution is -0.137. The molecule has 0 radical (unpaired) electrons. The summed E-state index contributed by atoms with van der Waals surface area (Å²) in [4.78, 5) is 5.90. The fourth-order valence-corrected chi connectivity index (χ4v) is 6.70. The largest absolute Gasteiger partial charge is 0.416 e. The highest BCUT2D eigenvalue weighted by atomic mass is 35.5. The molecule has 2 aromatic carbocycles. The van der Waals surface area contributed by atoms with Crippen molar-refractivity contribution in [1.82, 2.24) is 0 Å². The summed E-state index contributed by atoms with van der Waals surface area (Å²) < 4.78 is 77.9. The van der Waals surface area contributed by atoms with E-state index in [4.69, 9.17) is 11.6 Å². The van der Waals surface area contributed by atoms with Gasteiger partial charge in [0.1, 0.15) is 5.82 Å². The molecule has 2 heterocycles. The third kappa shape index (κ3) is 4.17. The van der Waals surface area contributed by atoms with Gasteiger partial charge in [0.05, 0.1) is 39.9 Å². The molecule has 0 aliphatic carbocycles. The van der Waals surface area contributed by atoms with Crippen LogP contribution in [0.25, 0.3) is 0 Å². The van der Waals surface area contributed by atoms with Gasteiger partial charge in [-0.25, -0.2) is 12.8 Å². The highest BCUT2D eigenvalue weighted by molar-refractivity contribution is 8.13. The number of thioether (sulfide) groups is 1. The fraction of sp³-hybridized carbons (Fsp3) is 0.316. The van der Waals surface area contributed by atoms with Gasteiger partial charge in [-0.15, -0.1) is 0 Å². The smallest absolute Gasteiger partial charge is 0.313 e. The minimum atomic E-state index is -4.59. The molecule has 0 unspecified atom stereocenters. The molecule has 0 bridgehead atoms. The van der Waals surface area contributed by atoms with Gasteiger partial charge in [-0.1, -0.05) is 41.6 Å². The molecule has 4 nitrogen and oxygen atoms in total. The Kier molecular flexibility index (Phi) is 5.52. The molecular formula is C19H15ClF4N2O2S2. The highest BCUT2D eigenvalue weighted by Crippen LogP contribution is 2.41. The number of nitrogens with zero attached hydrogens (tertiary/aromatic N) is 2. The molecular weight excluding hydrogens is 464 g/mol. The van der Waals surface area contributed by atoms with Gasteiger partial charge in [0, 0.05) is 5.75 Å². The molecule has 0 N–H and O–H groups in total. The van der Waals surface area contributed by atoms with Crippen LogP contribution in [0.3, 0.4) is 0 Å². The average molecular weight is 479 g/mol. The molecule has 2 aromatic rings. The Balaban J connectivity index is 1.71. The summed E-state index contributed by atoms with van der Waals surface area (Å²) in [6, 6.07) is 7.79. The molecule has 11 heteroatoms. The number of benzene rings is 2. The Hall–Kier alpha value is -1.78. The van der Waals surface area contributed by atoms with Crippen LogP contribution in [0.5, 0.6) is 0 Å². The van der Waals surface area contributed by atoms with Crippen LogP contribution in [0, 0.1) is 5.82 Å². The average Bonchev–Trinajstić information content (AvgIpc) is 3.11. The summed E-state index contributed by atoms with van der Waals surface area (Å²) in [5.74, 6) is -0.647. The van der Waals surface area contributed by atoms with Gasteiger partial charge in [-0.2, -0.15) is 13.2 Å². The topological polar surface area (TPSA) is 49.7 Å². The first-order chi connectivity index (χ1) is 14.0. The molecule has 0 amide bonds. The van der Waals surface area contributed by atoms with Gasteiger partial charge in [-0.05, 0) is 29.8 Å². The Morgan fingerprint density at radius 3 is 2.60 bits per heavy atom. The molecule has 0 saturated carbocycles. The first kappa shape index (κ1) is 21.5. The third-order valence-electron chi connectivity index (χ3n) is 4.96. The summed E-state index contributed by atoms with van der Waals surface area (Å²) in [7, 11) is -3.38. The molecule has 160 valence electrons. The summed E-state index contributed by atoms with van der Waals surface area (Å²) in [5, 5.41) is 0.372. The second-order valence-corrected chi connectivity index (χ2v) is 10.5. The van der Waals surface area contributed by atoms with E-state index in [2.05, 4.69) is 4.99 Å². The van der Waals surface area contributed by atoms with E-state index in [1.54, 1.807) is 18.2 Å². The standard InChI is InChI=1S/C19H15ClF4N2O2S2/c20-13-6-5-12(19(22,23)24)7-16(13)26-17-10-30(27,28)9-15(17)25-18(26)29-8-11-3-1-2-4-14(11)21/h1-7,15,17H,8-10H2/t15-,17-/m0/s1. The minimum Gasteiger partial charge on any atom is -0.313 e. The van der Waals surface area contributed by atoms with Gasteiger partial charge in [0.25, 0.3) is 0 Å². The molecule has 2 aliphatic heterocycles. The molecule has 0 aromatic heterocycles. The Labute approximate surface area is 179 Å². The van der Waals surface area contributed by atoms with Gasteiger partial charge >= 0.3 is 6.18 Å². The zero-order chi connectivity index (χ0) is 21.7. The number of aliphatic imine (C=N–C) groups is 1. The predicted octanol–water partition coefficient (Wildman–Crippen LogP) is 4.77. The molecule has 2 atom stereocenters. The number of amidine groups is 1. The normalized spacial score (nSPS) is 22.8. The van der Waals surface area contributed by atoms with Gasteiger partial charge in [-0.3, -0.25) is 4.99 Å². The lowest BCUT2D eigenvalue weighted by Gasteiger charge is -2.28. The van der Waals surface area contributed by atoms with E-state index in [-0.39, 0.29) is 28.0 Å². The van der Waals surface area contributed by atoms with E-state index in [0.29, 0.717) is 10.7 Å². The number of alkyl halides is 3. The van der Waals surface area contributed by atoms with Crippen molar-refractivity contribution in [3.63, 3.8) is 0 Å². The first-order valence-corrected chi connectivity index (χ1v) is 12.0. The number of hydrogen-bond donors (Lipinski definition) is 0. The fourth-order valence-electron chi connectivity index (χ4n) is 3.55. The number of sulfone groups is 1. The van der Waals surface area contributed by atoms with Crippen LogP contribution in [0.15, 0.2) is 47.5 Å². The lowest BCUT2D eigenvalue weighted by Crippen LogP contribution is -2.39. The van der Waals surface area contributed by atoms with E-state index in [1.807, 2.05) is 0 Å². The number of anilines is 1. The van der Waals surface area contributed by atoms with Crippen LogP contribution in [-0.4, -0.2) is 37.2 Å². The van der Waals surface area contributed by atoms with E-state index in [9.17, 15) is 26.0 Å². The van der Waals surface area contributed by atoms with Gasteiger partial charge in [0.15, 0.2) is 15.0 Å². The number of hydrogen-bond acceptors (Lipinski definition) is 5. The maximum atomic E-state index is 14.0. The van der Waals surface area contributed by atoms with Crippen molar-refractivity contribution in [1.29, 1.82) is 0 Å². The Morgan fingerprint density at radius 1 is 1.17 bits per heavy atom. The minimum absolute atomic E-state index is 0.0378. The first-order valence-electron chi connectivity index (χ1n) is 8.85. The van der Waals surface area contributed by atoms with E-state index in [0.717, 1.165) is 30.0 Å². The maximum Gasteiger partial charge on any atom is 0.416 e. The van der Waals surface area contributed by atoms with Crippen molar-refractivity contribution >= 4 is 44.1 Å². The van der Waals surface area contributed by atoms with Crippen molar-refractivity contribution in [2.75, 3.05) is 16.4 Å². The van der Waals surface area contributed by atoms with E-state index in [1.165, 1.54) is 11.0 Å². The number of fused-ring (bicyclic) bond motifs is 1. The van der Waals surface area contributed by atoms with Crippen molar-refractivity contribution < 1.29 is 26.0 Å². The summed E-state index contributed by atoms with van der Waals surface area (Å²) in [5.41, 5.74) is -0.453. The molecule has 0 spiro atoms. The van der Waals surface area contributed by atoms with Crippen molar-refractivity contribution in [2.24, 2.45) is 4.99 Å². The highest BCUT2D eigenvalue weighted by Gasteiger charge is 2.48. The zero-order valence-electron chi connectivity index (χ0n) is 15.2. The quantitative estimate of drug-likeness (QED) is 0.596. The van der Waals surface area contributed by atoms with Crippen LogP contribution in [0.4, 0.5) is 23.2 Å². The maximum absolute atomic E-state index is 14.0. The molecule has 30 heavy (non-hydrogen) atoms. The van der Waals surface area contributed by atoms with Crippen LogP contribution < -0.4 is 4.90 Å². The number of halogens is 5.